The van der Waals surface area contributed by atoms with Crippen LogP contribution in [-0.2, 0) is 0 Å². The minimum Gasteiger partial charge on any atom is -0.399 e. The molecule has 0 radical (unpaired) electrons. The minimum atomic E-state index is -2.50. The van der Waals surface area contributed by atoms with Gasteiger partial charge in [0.15, 0.2) is 0 Å². The molecule has 5 heteroatoms. The molecule has 100 valence electrons. The monoisotopic (exact) mass is 255 g/mol. The molecule has 1 saturated heterocycles. The topological polar surface area (TPSA) is 41.3 Å². The molecule has 3 nitrogen and oxygen atoms in total. The molecule has 1 unspecified atom stereocenters. The normalized spacial score (nSPS) is 20.6. The summed E-state index contributed by atoms with van der Waals surface area (Å²) in [5, 5.41) is 3.12. The van der Waals surface area contributed by atoms with E-state index in [4.69, 9.17) is 5.73 Å². The molecule has 0 spiro atoms. The lowest BCUT2D eigenvalue weighted by Gasteiger charge is -2.21. The van der Waals surface area contributed by atoms with Crippen molar-refractivity contribution in [2.24, 2.45) is 0 Å². The van der Waals surface area contributed by atoms with E-state index in [0.717, 1.165) is 13.0 Å². The summed E-state index contributed by atoms with van der Waals surface area (Å²) in [7, 11) is 2.07. The Bertz CT molecular complexity index is 409. The molecule has 2 rings (SSSR count). The van der Waals surface area contributed by atoms with Gasteiger partial charge in [0.25, 0.3) is 6.43 Å². The van der Waals surface area contributed by atoms with Crippen LogP contribution in [0.3, 0.4) is 0 Å². The zero-order chi connectivity index (χ0) is 13.1. The molecule has 0 aliphatic carbocycles. The van der Waals surface area contributed by atoms with Crippen LogP contribution in [0.15, 0.2) is 18.2 Å². The Morgan fingerprint density at radius 2 is 2.28 bits per heavy atom. The molecule has 1 aliphatic heterocycles. The van der Waals surface area contributed by atoms with Gasteiger partial charge in [0, 0.05) is 29.5 Å². The summed E-state index contributed by atoms with van der Waals surface area (Å²) in [5.41, 5.74) is 6.37. The first-order chi connectivity index (χ1) is 8.58. The van der Waals surface area contributed by atoms with E-state index in [-0.39, 0.29) is 5.56 Å². The molecule has 0 amide bonds. The van der Waals surface area contributed by atoms with Gasteiger partial charge in [-0.1, -0.05) is 0 Å². The van der Waals surface area contributed by atoms with Gasteiger partial charge in [-0.3, -0.25) is 0 Å². The first-order valence-electron chi connectivity index (χ1n) is 6.19. The minimum absolute atomic E-state index is 0.0179. The van der Waals surface area contributed by atoms with Gasteiger partial charge >= 0.3 is 0 Å². The maximum atomic E-state index is 12.9. The lowest BCUT2D eigenvalue weighted by molar-refractivity contribution is 0.152. The molecule has 0 bridgehead atoms. The lowest BCUT2D eigenvalue weighted by Crippen LogP contribution is -2.31. The van der Waals surface area contributed by atoms with Crippen molar-refractivity contribution in [1.82, 2.24) is 4.90 Å². The fourth-order valence-electron chi connectivity index (χ4n) is 2.39. The van der Waals surface area contributed by atoms with E-state index in [1.54, 1.807) is 12.1 Å². The molecule has 0 aromatic heterocycles. The number of anilines is 2. The van der Waals surface area contributed by atoms with Crippen LogP contribution in [0.1, 0.15) is 24.8 Å². The van der Waals surface area contributed by atoms with Gasteiger partial charge < -0.3 is 16.0 Å². The number of nitrogens with zero attached hydrogens (tertiary/aromatic N) is 1. The van der Waals surface area contributed by atoms with Gasteiger partial charge in [-0.15, -0.1) is 0 Å². The van der Waals surface area contributed by atoms with Crippen molar-refractivity contribution < 1.29 is 8.78 Å². The summed E-state index contributed by atoms with van der Waals surface area (Å²) in [6.07, 6.45) is -0.216. The summed E-state index contributed by atoms with van der Waals surface area (Å²) in [6, 6.07) is 5.04. The van der Waals surface area contributed by atoms with Crippen molar-refractivity contribution in [2.75, 3.05) is 31.2 Å². The van der Waals surface area contributed by atoms with Crippen molar-refractivity contribution in [3.63, 3.8) is 0 Å². The third kappa shape index (κ3) is 2.90. The highest BCUT2D eigenvalue weighted by Gasteiger charge is 2.21. The van der Waals surface area contributed by atoms with Gasteiger partial charge in [0.2, 0.25) is 0 Å². The van der Waals surface area contributed by atoms with Crippen LogP contribution < -0.4 is 11.1 Å². The van der Waals surface area contributed by atoms with Crippen LogP contribution in [0.5, 0.6) is 0 Å². The Morgan fingerprint density at radius 3 is 2.89 bits per heavy atom. The van der Waals surface area contributed by atoms with E-state index >= 15 is 0 Å². The third-order valence-electron chi connectivity index (χ3n) is 3.51. The van der Waals surface area contributed by atoms with Crippen molar-refractivity contribution in [2.45, 2.75) is 25.3 Å². The Labute approximate surface area is 106 Å². The molecule has 1 fully saturated rings. The highest BCUT2D eigenvalue weighted by Crippen LogP contribution is 2.29. The number of halogens is 2. The standard InChI is InChI=1S/C13H19F2N3/c1-18-6-2-3-10(18)8-17-12-5-4-9(16)7-11(12)13(14)15/h4-5,7,10,13,17H,2-3,6,8,16H2,1H3. The maximum Gasteiger partial charge on any atom is 0.265 e. The molecule has 1 aromatic carbocycles. The van der Waals surface area contributed by atoms with E-state index in [1.165, 1.54) is 12.5 Å². The van der Waals surface area contributed by atoms with Gasteiger partial charge in [0.1, 0.15) is 0 Å². The molecular formula is C13H19F2N3. The van der Waals surface area contributed by atoms with Crippen LogP contribution in [0.2, 0.25) is 0 Å². The highest BCUT2D eigenvalue weighted by molar-refractivity contribution is 5.58. The van der Waals surface area contributed by atoms with Gasteiger partial charge in [-0.2, -0.15) is 0 Å². The number of benzene rings is 1. The van der Waals surface area contributed by atoms with Crippen molar-refractivity contribution in [3.8, 4) is 0 Å². The molecule has 1 aliphatic rings. The number of hydrogen-bond acceptors (Lipinski definition) is 3. The second-order valence-corrected chi connectivity index (χ2v) is 4.80. The van der Waals surface area contributed by atoms with E-state index in [1.807, 2.05) is 0 Å². The Hall–Kier alpha value is -1.36. The predicted molar refractivity (Wildman–Crippen MR) is 70.0 cm³/mol. The number of likely N-dealkylation sites (tertiary alicyclic amines) is 1. The van der Waals surface area contributed by atoms with Crippen molar-refractivity contribution in [3.05, 3.63) is 23.8 Å². The molecule has 3 N–H and O–H groups in total. The number of rotatable bonds is 4. The maximum absolute atomic E-state index is 12.9. The molecule has 18 heavy (non-hydrogen) atoms. The smallest absolute Gasteiger partial charge is 0.265 e. The largest absolute Gasteiger partial charge is 0.399 e. The molecule has 0 saturated carbocycles. The number of nitrogens with two attached hydrogens (primary N) is 1. The van der Waals surface area contributed by atoms with Crippen molar-refractivity contribution >= 4 is 11.4 Å². The molecule has 1 aromatic rings. The quantitative estimate of drug-likeness (QED) is 0.813. The fraction of sp³-hybridized carbons (Fsp3) is 0.538. The van der Waals surface area contributed by atoms with E-state index in [0.29, 0.717) is 24.0 Å². The highest BCUT2D eigenvalue weighted by atomic mass is 19.3. The van der Waals surface area contributed by atoms with Crippen LogP contribution in [0.25, 0.3) is 0 Å². The number of nitrogen functional groups attached to an aromatic ring is 1. The number of hydrogen-bond donors (Lipinski definition) is 2. The zero-order valence-corrected chi connectivity index (χ0v) is 10.5. The summed E-state index contributed by atoms with van der Waals surface area (Å²) >= 11 is 0. The van der Waals surface area contributed by atoms with Gasteiger partial charge in [0.05, 0.1) is 0 Å². The average molecular weight is 255 g/mol. The Kier molecular flexibility index (Phi) is 4.01. The van der Waals surface area contributed by atoms with E-state index in [9.17, 15) is 8.78 Å². The second kappa shape index (κ2) is 5.52. The first kappa shape index (κ1) is 13.1. The van der Waals surface area contributed by atoms with Crippen molar-refractivity contribution in [1.29, 1.82) is 0 Å². The van der Waals surface area contributed by atoms with Crippen LogP contribution in [0, 0.1) is 0 Å². The third-order valence-corrected chi connectivity index (χ3v) is 3.51. The lowest BCUT2D eigenvalue weighted by atomic mass is 10.1. The Morgan fingerprint density at radius 1 is 1.50 bits per heavy atom. The number of likely N-dealkylation sites (N-methyl/N-ethyl adjacent to an activating group) is 1. The van der Waals surface area contributed by atoms with Crippen LogP contribution in [-0.4, -0.2) is 31.1 Å². The first-order valence-corrected chi connectivity index (χ1v) is 6.19. The van der Waals surface area contributed by atoms with E-state index < -0.39 is 6.43 Å². The summed E-state index contributed by atoms with van der Waals surface area (Å²) in [5.74, 6) is 0. The molecule has 1 heterocycles. The zero-order valence-electron chi connectivity index (χ0n) is 10.5. The number of nitrogens with one attached hydrogen (secondary N) is 1. The van der Waals surface area contributed by atoms with Gasteiger partial charge in [-0.25, -0.2) is 8.78 Å². The summed E-state index contributed by atoms with van der Waals surface area (Å²) in [6.45, 7) is 1.77. The summed E-state index contributed by atoms with van der Waals surface area (Å²) in [4.78, 5) is 2.26. The Balaban J connectivity index is 2.04. The van der Waals surface area contributed by atoms with Crippen LogP contribution >= 0.6 is 0 Å². The fourth-order valence-corrected chi connectivity index (χ4v) is 2.39. The SMILES string of the molecule is CN1CCCC1CNc1ccc(N)cc1C(F)F. The van der Waals surface area contributed by atoms with Crippen LogP contribution in [0.4, 0.5) is 20.2 Å². The average Bonchev–Trinajstić information content (AvgIpc) is 2.73. The van der Waals surface area contributed by atoms with Gasteiger partial charge in [-0.05, 0) is 44.6 Å². The molecular weight excluding hydrogens is 236 g/mol. The summed E-state index contributed by atoms with van der Waals surface area (Å²) < 4.78 is 25.8. The molecule has 1 atom stereocenters. The van der Waals surface area contributed by atoms with E-state index in [2.05, 4.69) is 17.3 Å². The predicted octanol–water partition coefficient (Wildman–Crippen LogP) is 2.71. The second-order valence-electron chi connectivity index (χ2n) is 4.80. The number of alkyl halides is 2.